The Bertz CT molecular complexity index is 1400. The van der Waals surface area contributed by atoms with Gasteiger partial charge < -0.3 is 10.2 Å². The first kappa shape index (κ1) is 28.9. The topological polar surface area (TPSA) is 86.8 Å². The van der Waals surface area contributed by atoms with Crippen LogP contribution in [-0.2, 0) is 26.2 Å². The molecule has 2 amide bonds. The number of sulfonamides is 1. The zero-order valence-electron chi connectivity index (χ0n) is 21.2. The lowest BCUT2D eigenvalue weighted by atomic mass is 10.1. The molecule has 0 fully saturated rings. The van der Waals surface area contributed by atoms with Crippen LogP contribution < -0.4 is 5.32 Å². The summed E-state index contributed by atoms with van der Waals surface area (Å²) < 4.78 is 27.6. The van der Waals surface area contributed by atoms with E-state index in [9.17, 15) is 18.0 Å². The second kappa shape index (κ2) is 12.3. The molecule has 37 heavy (non-hydrogen) atoms. The molecule has 7 nitrogen and oxygen atoms in total. The van der Waals surface area contributed by atoms with Gasteiger partial charge in [0.25, 0.3) is 0 Å². The standard InChI is InChI=1S/C27H31Cl2N3O4S/c1-18(2)15-30-27(34)19(3)32(16-20-9-12-24(28)25(29)13-20)26(33)17-31(4)37(35,36)23-11-10-21-7-5-6-8-22(21)14-23/h5-14,18-19H,15-17H2,1-4H3,(H,30,34)/t19-/m0/s1. The molecule has 0 saturated heterocycles. The van der Waals surface area contributed by atoms with Crippen molar-refractivity contribution in [3.05, 3.63) is 76.3 Å². The summed E-state index contributed by atoms with van der Waals surface area (Å²) >= 11 is 12.2. The van der Waals surface area contributed by atoms with E-state index in [4.69, 9.17) is 23.2 Å². The van der Waals surface area contributed by atoms with E-state index in [-0.39, 0.29) is 23.3 Å². The monoisotopic (exact) mass is 563 g/mol. The molecule has 3 aromatic rings. The van der Waals surface area contributed by atoms with Crippen molar-refractivity contribution in [2.45, 2.75) is 38.3 Å². The summed E-state index contributed by atoms with van der Waals surface area (Å²) in [5.74, 6) is -0.624. The molecule has 0 saturated carbocycles. The summed E-state index contributed by atoms with van der Waals surface area (Å²) in [4.78, 5) is 27.7. The van der Waals surface area contributed by atoms with Gasteiger partial charge in [-0.1, -0.05) is 73.4 Å². The summed E-state index contributed by atoms with van der Waals surface area (Å²) in [6, 6.07) is 16.4. The molecule has 3 rings (SSSR count). The van der Waals surface area contributed by atoms with Crippen LogP contribution in [0.5, 0.6) is 0 Å². The van der Waals surface area contributed by atoms with E-state index >= 15 is 0 Å². The van der Waals surface area contributed by atoms with Crippen molar-refractivity contribution in [1.29, 1.82) is 0 Å². The van der Waals surface area contributed by atoms with E-state index in [1.165, 1.54) is 18.0 Å². The minimum atomic E-state index is -3.96. The number of fused-ring (bicyclic) bond motifs is 1. The quantitative estimate of drug-likeness (QED) is 0.377. The molecule has 1 atom stereocenters. The van der Waals surface area contributed by atoms with E-state index in [0.29, 0.717) is 22.2 Å². The van der Waals surface area contributed by atoms with Crippen molar-refractivity contribution < 1.29 is 18.0 Å². The highest BCUT2D eigenvalue weighted by Gasteiger charge is 2.30. The third-order valence-electron chi connectivity index (χ3n) is 5.98. The van der Waals surface area contributed by atoms with E-state index in [0.717, 1.165) is 15.1 Å². The van der Waals surface area contributed by atoms with Gasteiger partial charge in [-0.2, -0.15) is 4.31 Å². The molecule has 0 aliphatic heterocycles. The van der Waals surface area contributed by atoms with Crippen LogP contribution in [0.15, 0.2) is 65.6 Å². The second-order valence-corrected chi connectivity index (χ2v) is 12.2. The number of hydrogen-bond donors (Lipinski definition) is 1. The Morgan fingerprint density at radius 2 is 1.59 bits per heavy atom. The van der Waals surface area contributed by atoms with E-state index in [1.54, 1.807) is 37.3 Å². The number of carbonyl (C=O) groups is 2. The molecule has 0 spiro atoms. The van der Waals surface area contributed by atoms with Crippen molar-refractivity contribution in [3.8, 4) is 0 Å². The third kappa shape index (κ3) is 7.23. The highest BCUT2D eigenvalue weighted by molar-refractivity contribution is 7.89. The van der Waals surface area contributed by atoms with Gasteiger partial charge in [0.05, 0.1) is 21.5 Å². The van der Waals surface area contributed by atoms with Crippen molar-refractivity contribution in [2.75, 3.05) is 20.1 Å². The van der Waals surface area contributed by atoms with Gasteiger partial charge in [-0.3, -0.25) is 9.59 Å². The van der Waals surface area contributed by atoms with Crippen molar-refractivity contribution in [2.24, 2.45) is 5.92 Å². The molecule has 0 radical (unpaired) electrons. The molecule has 0 unspecified atom stereocenters. The highest BCUT2D eigenvalue weighted by atomic mass is 35.5. The van der Waals surface area contributed by atoms with Gasteiger partial charge in [0, 0.05) is 20.1 Å². The number of carbonyl (C=O) groups excluding carboxylic acids is 2. The Morgan fingerprint density at radius 3 is 2.24 bits per heavy atom. The lowest BCUT2D eigenvalue weighted by Gasteiger charge is -2.30. The Balaban J connectivity index is 1.85. The number of halogens is 2. The highest BCUT2D eigenvalue weighted by Crippen LogP contribution is 2.25. The van der Waals surface area contributed by atoms with Gasteiger partial charge in [-0.05, 0) is 53.4 Å². The van der Waals surface area contributed by atoms with Gasteiger partial charge in [0.2, 0.25) is 21.8 Å². The molecule has 3 aromatic carbocycles. The van der Waals surface area contributed by atoms with Crippen molar-refractivity contribution in [1.82, 2.24) is 14.5 Å². The summed E-state index contributed by atoms with van der Waals surface area (Å²) in [5.41, 5.74) is 0.659. The predicted octanol–water partition coefficient (Wildman–Crippen LogP) is 4.96. The fraction of sp³-hybridized carbons (Fsp3) is 0.333. The predicted molar refractivity (Wildman–Crippen MR) is 148 cm³/mol. The molecule has 0 bridgehead atoms. The first-order valence-electron chi connectivity index (χ1n) is 11.9. The van der Waals surface area contributed by atoms with E-state index in [1.807, 2.05) is 38.1 Å². The number of rotatable bonds is 10. The van der Waals surface area contributed by atoms with Gasteiger partial charge in [-0.25, -0.2) is 8.42 Å². The molecule has 0 aromatic heterocycles. The molecular formula is C27H31Cl2N3O4S. The van der Waals surface area contributed by atoms with Crippen LogP contribution in [0.1, 0.15) is 26.3 Å². The number of hydrogen-bond acceptors (Lipinski definition) is 4. The maximum Gasteiger partial charge on any atom is 0.243 e. The maximum atomic E-state index is 13.5. The van der Waals surface area contributed by atoms with Gasteiger partial charge in [0.15, 0.2) is 0 Å². The van der Waals surface area contributed by atoms with E-state index < -0.39 is 28.5 Å². The number of nitrogens with zero attached hydrogens (tertiary/aromatic N) is 2. The van der Waals surface area contributed by atoms with Crippen molar-refractivity contribution >= 4 is 55.8 Å². The maximum absolute atomic E-state index is 13.5. The summed E-state index contributed by atoms with van der Waals surface area (Å²) in [7, 11) is -2.61. The molecule has 1 N–H and O–H groups in total. The number of benzene rings is 3. The van der Waals surface area contributed by atoms with E-state index in [2.05, 4.69) is 5.32 Å². The molecule has 0 aliphatic rings. The molecule has 0 aliphatic carbocycles. The summed E-state index contributed by atoms with van der Waals surface area (Å²) in [5, 5.41) is 5.21. The smallest absolute Gasteiger partial charge is 0.243 e. The molecule has 10 heteroatoms. The lowest BCUT2D eigenvalue weighted by molar-refractivity contribution is -0.140. The normalized spacial score (nSPS) is 12.6. The van der Waals surface area contributed by atoms with Crippen LogP contribution in [0.25, 0.3) is 10.8 Å². The summed E-state index contributed by atoms with van der Waals surface area (Å²) in [6.45, 7) is 5.61. The SMILES string of the molecule is CC(C)CNC(=O)[C@H](C)N(Cc1ccc(Cl)c(Cl)c1)C(=O)CN(C)S(=O)(=O)c1ccc2ccccc2c1. The van der Waals surface area contributed by atoms with Crippen LogP contribution in [0, 0.1) is 5.92 Å². The summed E-state index contributed by atoms with van der Waals surface area (Å²) in [6.07, 6.45) is 0. The first-order chi connectivity index (χ1) is 17.4. The van der Waals surface area contributed by atoms with Crippen LogP contribution in [-0.4, -0.2) is 55.6 Å². The first-order valence-corrected chi connectivity index (χ1v) is 14.1. The number of likely N-dealkylation sites (N-methyl/N-ethyl adjacent to an activating group) is 1. The molecule has 198 valence electrons. The lowest BCUT2D eigenvalue weighted by Crippen LogP contribution is -2.51. The fourth-order valence-electron chi connectivity index (χ4n) is 3.74. The van der Waals surface area contributed by atoms with Gasteiger partial charge >= 0.3 is 0 Å². The van der Waals surface area contributed by atoms with Crippen LogP contribution in [0.3, 0.4) is 0 Å². The number of amides is 2. The minimum Gasteiger partial charge on any atom is -0.354 e. The Kier molecular flexibility index (Phi) is 9.58. The second-order valence-electron chi connectivity index (χ2n) is 9.36. The number of nitrogens with one attached hydrogen (secondary N) is 1. The minimum absolute atomic E-state index is 0.0514. The average molecular weight is 565 g/mol. The Morgan fingerprint density at radius 1 is 0.919 bits per heavy atom. The average Bonchev–Trinajstić information content (AvgIpc) is 2.86. The largest absolute Gasteiger partial charge is 0.354 e. The van der Waals surface area contributed by atoms with Crippen molar-refractivity contribution in [3.63, 3.8) is 0 Å². The van der Waals surface area contributed by atoms with Crippen LogP contribution >= 0.6 is 23.2 Å². The third-order valence-corrected chi connectivity index (χ3v) is 8.51. The fourth-order valence-corrected chi connectivity index (χ4v) is 5.22. The molecule has 0 heterocycles. The zero-order chi connectivity index (χ0) is 27.3. The van der Waals surface area contributed by atoms with Crippen LogP contribution in [0.2, 0.25) is 10.0 Å². The van der Waals surface area contributed by atoms with Gasteiger partial charge in [-0.15, -0.1) is 0 Å². The van der Waals surface area contributed by atoms with Crippen LogP contribution in [0.4, 0.5) is 0 Å². The zero-order valence-corrected chi connectivity index (χ0v) is 23.6. The van der Waals surface area contributed by atoms with Gasteiger partial charge in [0.1, 0.15) is 6.04 Å². The molecular weight excluding hydrogens is 533 g/mol. The Hall–Kier alpha value is -2.65. The Labute approximate surface area is 228 Å².